The van der Waals surface area contributed by atoms with Crippen LogP contribution in [0.4, 0.5) is 4.79 Å². The lowest BCUT2D eigenvalue weighted by Gasteiger charge is -2.47. The number of nitrogens with one attached hydrogen (secondary N) is 1. The summed E-state index contributed by atoms with van der Waals surface area (Å²) in [5.74, 6) is 0. The Bertz CT molecular complexity index is 253. The van der Waals surface area contributed by atoms with Crippen LogP contribution in [0.5, 0.6) is 0 Å². The predicted octanol–water partition coefficient (Wildman–Crippen LogP) is 1.27. The summed E-state index contributed by atoms with van der Waals surface area (Å²) in [6.45, 7) is 0. The molecule has 0 aromatic rings. The molecule has 0 aromatic carbocycles. The lowest BCUT2D eigenvalue weighted by molar-refractivity contribution is 0.0500. The molecular weight excluding hydrogens is 202 g/mol. The van der Waals surface area contributed by atoms with E-state index >= 15 is 0 Å². The van der Waals surface area contributed by atoms with E-state index in [-0.39, 0.29) is 6.03 Å². The van der Waals surface area contributed by atoms with Gasteiger partial charge in [-0.3, -0.25) is 0 Å². The Balaban J connectivity index is 1.92. The standard InChI is InChI=1S/C12H23N3O/c1-14(2)12(16)13-9-7-10-5-4-6-11(8-9)15(10)3/h9-11H,4-8H2,1-3H3,(H,13,16). The molecule has 2 rings (SSSR count). The second kappa shape index (κ2) is 4.62. The zero-order chi connectivity index (χ0) is 11.7. The number of fused-ring (bicyclic) bond motifs is 2. The Labute approximate surface area is 98.0 Å². The van der Waals surface area contributed by atoms with E-state index in [1.54, 1.807) is 19.0 Å². The minimum absolute atomic E-state index is 0.0487. The number of nitrogens with zero attached hydrogens (tertiary/aromatic N) is 2. The first-order valence-electron chi connectivity index (χ1n) is 6.27. The molecule has 2 aliphatic heterocycles. The second-order valence-corrected chi connectivity index (χ2v) is 5.42. The van der Waals surface area contributed by atoms with Crippen LogP contribution in [0.1, 0.15) is 32.1 Å². The number of urea groups is 1. The lowest BCUT2D eigenvalue weighted by Crippen LogP contribution is -2.56. The van der Waals surface area contributed by atoms with Gasteiger partial charge < -0.3 is 15.1 Å². The Morgan fingerprint density at radius 2 is 1.81 bits per heavy atom. The van der Waals surface area contributed by atoms with Gasteiger partial charge in [-0.1, -0.05) is 6.42 Å². The Hall–Kier alpha value is -0.770. The zero-order valence-corrected chi connectivity index (χ0v) is 10.6. The molecule has 0 saturated carbocycles. The first-order chi connectivity index (χ1) is 7.58. The largest absolute Gasteiger partial charge is 0.335 e. The van der Waals surface area contributed by atoms with Crippen LogP contribution in [0, 0.1) is 0 Å². The quantitative estimate of drug-likeness (QED) is 0.729. The Morgan fingerprint density at radius 3 is 2.31 bits per heavy atom. The first-order valence-corrected chi connectivity index (χ1v) is 6.27. The van der Waals surface area contributed by atoms with Crippen molar-refractivity contribution in [3.05, 3.63) is 0 Å². The van der Waals surface area contributed by atoms with E-state index < -0.39 is 0 Å². The molecule has 0 aliphatic carbocycles. The highest BCUT2D eigenvalue weighted by Gasteiger charge is 2.36. The normalized spacial score (nSPS) is 34.6. The molecule has 16 heavy (non-hydrogen) atoms. The summed E-state index contributed by atoms with van der Waals surface area (Å²) >= 11 is 0. The number of carbonyl (C=O) groups excluding carboxylic acids is 1. The van der Waals surface area contributed by atoms with Crippen LogP contribution in [0.2, 0.25) is 0 Å². The van der Waals surface area contributed by atoms with Gasteiger partial charge in [-0.2, -0.15) is 0 Å². The van der Waals surface area contributed by atoms with Crippen molar-refractivity contribution >= 4 is 6.03 Å². The van der Waals surface area contributed by atoms with Crippen molar-refractivity contribution in [3.63, 3.8) is 0 Å². The maximum absolute atomic E-state index is 11.6. The van der Waals surface area contributed by atoms with Crippen LogP contribution in [-0.4, -0.2) is 55.1 Å². The molecule has 2 heterocycles. The maximum atomic E-state index is 11.6. The van der Waals surface area contributed by atoms with Crippen molar-refractivity contribution < 1.29 is 4.79 Å². The topological polar surface area (TPSA) is 35.6 Å². The van der Waals surface area contributed by atoms with Crippen molar-refractivity contribution in [2.75, 3.05) is 21.1 Å². The van der Waals surface area contributed by atoms with Gasteiger partial charge in [-0.25, -0.2) is 4.79 Å². The van der Waals surface area contributed by atoms with Gasteiger partial charge in [0.2, 0.25) is 0 Å². The smallest absolute Gasteiger partial charge is 0.317 e. The maximum Gasteiger partial charge on any atom is 0.317 e. The van der Waals surface area contributed by atoms with Crippen molar-refractivity contribution in [3.8, 4) is 0 Å². The number of amides is 2. The highest BCUT2D eigenvalue weighted by atomic mass is 16.2. The van der Waals surface area contributed by atoms with Crippen molar-refractivity contribution in [2.24, 2.45) is 0 Å². The van der Waals surface area contributed by atoms with E-state index in [1.807, 2.05) is 0 Å². The summed E-state index contributed by atoms with van der Waals surface area (Å²) in [6, 6.07) is 1.79. The van der Waals surface area contributed by atoms with Gasteiger partial charge in [0.15, 0.2) is 0 Å². The van der Waals surface area contributed by atoms with Gasteiger partial charge >= 0.3 is 6.03 Å². The molecule has 4 nitrogen and oxygen atoms in total. The van der Waals surface area contributed by atoms with Crippen LogP contribution < -0.4 is 5.32 Å². The van der Waals surface area contributed by atoms with Crippen LogP contribution in [0.15, 0.2) is 0 Å². The molecule has 0 aromatic heterocycles. The molecule has 2 aliphatic rings. The van der Waals surface area contributed by atoms with Gasteiger partial charge in [0.25, 0.3) is 0 Å². The zero-order valence-electron chi connectivity index (χ0n) is 10.6. The van der Waals surface area contributed by atoms with Crippen LogP contribution in [0.3, 0.4) is 0 Å². The Morgan fingerprint density at radius 1 is 1.25 bits per heavy atom. The predicted molar refractivity (Wildman–Crippen MR) is 64.4 cm³/mol. The fraction of sp³-hybridized carbons (Fsp3) is 0.917. The summed E-state index contributed by atoms with van der Waals surface area (Å²) in [7, 11) is 5.83. The van der Waals surface area contributed by atoms with E-state index in [0.717, 1.165) is 12.8 Å². The van der Waals surface area contributed by atoms with Gasteiger partial charge in [-0.05, 0) is 32.7 Å². The van der Waals surface area contributed by atoms with E-state index in [2.05, 4.69) is 17.3 Å². The number of hydrogen-bond donors (Lipinski definition) is 1. The molecule has 0 radical (unpaired) electrons. The van der Waals surface area contributed by atoms with Crippen molar-refractivity contribution in [1.29, 1.82) is 0 Å². The minimum Gasteiger partial charge on any atom is -0.335 e. The van der Waals surface area contributed by atoms with E-state index in [4.69, 9.17) is 0 Å². The molecule has 2 saturated heterocycles. The number of hydrogen-bond acceptors (Lipinski definition) is 2. The lowest BCUT2D eigenvalue weighted by atomic mass is 9.82. The molecule has 0 spiro atoms. The molecule has 2 unspecified atom stereocenters. The van der Waals surface area contributed by atoms with Gasteiger partial charge in [0.05, 0.1) is 0 Å². The van der Waals surface area contributed by atoms with Gasteiger partial charge in [0, 0.05) is 32.2 Å². The second-order valence-electron chi connectivity index (χ2n) is 5.42. The van der Waals surface area contributed by atoms with Crippen LogP contribution in [-0.2, 0) is 0 Å². The number of rotatable bonds is 1. The van der Waals surface area contributed by atoms with Crippen LogP contribution in [0.25, 0.3) is 0 Å². The fourth-order valence-corrected chi connectivity index (χ4v) is 3.04. The fourth-order valence-electron chi connectivity index (χ4n) is 3.04. The molecular formula is C12H23N3O. The third kappa shape index (κ3) is 2.32. The minimum atomic E-state index is 0.0487. The summed E-state index contributed by atoms with van der Waals surface area (Å²) in [6.07, 6.45) is 6.18. The number of carbonyl (C=O) groups is 1. The highest BCUT2D eigenvalue weighted by molar-refractivity contribution is 5.73. The van der Waals surface area contributed by atoms with Crippen molar-refractivity contribution in [1.82, 2.24) is 15.1 Å². The molecule has 92 valence electrons. The summed E-state index contributed by atoms with van der Waals surface area (Å²) in [5, 5.41) is 3.13. The van der Waals surface area contributed by atoms with E-state index in [1.165, 1.54) is 19.3 Å². The van der Waals surface area contributed by atoms with Crippen molar-refractivity contribution in [2.45, 2.75) is 50.2 Å². The third-order valence-corrected chi connectivity index (χ3v) is 4.07. The third-order valence-electron chi connectivity index (χ3n) is 4.07. The van der Waals surface area contributed by atoms with Gasteiger partial charge in [0.1, 0.15) is 0 Å². The van der Waals surface area contributed by atoms with E-state index in [9.17, 15) is 4.79 Å². The summed E-state index contributed by atoms with van der Waals surface area (Å²) in [5.41, 5.74) is 0. The average molecular weight is 225 g/mol. The first kappa shape index (κ1) is 11.7. The van der Waals surface area contributed by atoms with Crippen LogP contribution >= 0.6 is 0 Å². The van der Waals surface area contributed by atoms with Gasteiger partial charge in [-0.15, -0.1) is 0 Å². The molecule has 2 fully saturated rings. The Kier molecular flexibility index (Phi) is 3.38. The molecule has 2 amide bonds. The molecule has 1 N–H and O–H groups in total. The average Bonchev–Trinajstić information content (AvgIpc) is 2.19. The SMILES string of the molecule is CN(C)C(=O)NC1CC2CCCC(C1)N2C. The molecule has 2 bridgehead atoms. The summed E-state index contributed by atoms with van der Waals surface area (Å²) in [4.78, 5) is 15.7. The number of piperidine rings is 2. The highest BCUT2D eigenvalue weighted by Crippen LogP contribution is 2.32. The molecule has 2 atom stereocenters. The van der Waals surface area contributed by atoms with E-state index in [0.29, 0.717) is 18.1 Å². The molecule has 4 heteroatoms. The monoisotopic (exact) mass is 225 g/mol. The summed E-state index contributed by atoms with van der Waals surface area (Å²) < 4.78 is 0.